The minimum atomic E-state index is 0.507. The Bertz CT molecular complexity index is 3750. The highest BCUT2D eigenvalue weighted by Crippen LogP contribution is 2.43. The van der Waals surface area contributed by atoms with Crippen molar-refractivity contribution in [3.63, 3.8) is 0 Å². The summed E-state index contributed by atoms with van der Waals surface area (Å²) in [6, 6.07) is 58.5. The lowest BCUT2D eigenvalue weighted by Gasteiger charge is -2.13. The molecule has 0 atom stereocenters. The maximum atomic E-state index is 10.4. The second-order valence-corrected chi connectivity index (χ2v) is 14.3. The summed E-state index contributed by atoms with van der Waals surface area (Å²) < 4.78 is 17.6. The summed E-state index contributed by atoms with van der Waals surface area (Å²) in [5.41, 5.74) is 12.0. The van der Waals surface area contributed by atoms with E-state index in [9.17, 15) is 10.5 Å². The van der Waals surface area contributed by atoms with Crippen molar-refractivity contribution in [1.82, 2.24) is 9.13 Å². The maximum absolute atomic E-state index is 10.4. The van der Waals surface area contributed by atoms with Crippen molar-refractivity contribution in [2.75, 3.05) is 0 Å². The van der Waals surface area contributed by atoms with Crippen molar-refractivity contribution in [2.24, 2.45) is 0 Å². The van der Waals surface area contributed by atoms with E-state index in [4.69, 9.17) is 8.83 Å². The van der Waals surface area contributed by atoms with Gasteiger partial charge in [0.1, 0.15) is 22.8 Å². The summed E-state index contributed by atoms with van der Waals surface area (Å²) in [4.78, 5) is 0. The van der Waals surface area contributed by atoms with Crippen LogP contribution in [0, 0.1) is 22.7 Å². The largest absolute Gasteiger partial charge is 0.455 e. The van der Waals surface area contributed by atoms with E-state index in [1.54, 1.807) is 6.07 Å². The number of nitrogens with zero attached hydrogens (tertiary/aromatic N) is 4. The molecule has 0 radical (unpaired) electrons. The third kappa shape index (κ3) is 4.07. The molecular weight excluding hydrogens is 689 g/mol. The third-order valence-electron chi connectivity index (χ3n) is 11.3. The second-order valence-electron chi connectivity index (χ2n) is 14.3. The molecule has 0 fully saturated rings. The van der Waals surface area contributed by atoms with Gasteiger partial charge in [-0.2, -0.15) is 10.5 Å². The Kier molecular flexibility index (Phi) is 6.10. The zero-order valence-electron chi connectivity index (χ0n) is 29.6. The summed E-state index contributed by atoms with van der Waals surface area (Å²) in [7, 11) is 0. The van der Waals surface area contributed by atoms with Gasteiger partial charge in [0.2, 0.25) is 0 Å². The average molecular weight is 715 g/mol. The Balaban J connectivity index is 1.07. The summed E-state index contributed by atoms with van der Waals surface area (Å²) in [6.07, 6.45) is 0. The summed E-state index contributed by atoms with van der Waals surface area (Å²) in [5, 5.41) is 28.5. The van der Waals surface area contributed by atoms with Gasteiger partial charge in [-0.05, 0) is 90.0 Å². The first-order chi connectivity index (χ1) is 27.7. The molecule has 0 amide bonds. The molecule has 0 aliphatic rings. The smallest absolute Gasteiger partial charge is 0.153 e. The highest BCUT2D eigenvalue weighted by Gasteiger charge is 2.22. The van der Waals surface area contributed by atoms with Crippen LogP contribution in [0.15, 0.2) is 167 Å². The van der Waals surface area contributed by atoms with Gasteiger partial charge in [0.25, 0.3) is 0 Å². The predicted octanol–water partition coefficient (Wildman–Crippen LogP) is 13.1. The van der Waals surface area contributed by atoms with Crippen LogP contribution in [0.4, 0.5) is 0 Å². The zero-order valence-corrected chi connectivity index (χ0v) is 29.6. The van der Waals surface area contributed by atoms with Crippen molar-refractivity contribution in [3.05, 3.63) is 169 Å². The Morgan fingerprint density at radius 3 is 1.71 bits per heavy atom. The van der Waals surface area contributed by atoms with Crippen molar-refractivity contribution < 1.29 is 8.83 Å². The van der Waals surface area contributed by atoms with Gasteiger partial charge in [0.05, 0.1) is 50.0 Å². The molecule has 8 aromatic carbocycles. The first-order valence-electron chi connectivity index (χ1n) is 18.5. The molecule has 0 aliphatic carbocycles. The first kappa shape index (κ1) is 30.4. The fourth-order valence-corrected chi connectivity index (χ4v) is 8.98. The molecule has 0 aliphatic heterocycles. The fourth-order valence-electron chi connectivity index (χ4n) is 8.98. The molecule has 0 saturated heterocycles. The molecule has 258 valence electrons. The molecule has 0 spiro atoms. The van der Waals surface area contributed by atoms with Gasteiger partial charge >= 0.3 is 0 Å². The Hall–Kier alpha value is -8.06. The molecule has 56 heavy (non-hydrogen) atoms. The van der Waals surface area contributed by atoms with E-state index in [1.165, 1.54) is 0 Å². The minimum absolute atomic E-state index is 0.507. The molecule has 6 nitrogen and oxygen atoms in total. The first-order valence-corrected chi connectivity index (χ1v) is 18.5. The van der Waals surface area contributed by atoms with Crippen LogP contribution in [0.1, 0.15) is 11.1 Å². The number of aromatic nitrogens is 2. The molecule has 0 unspecified atom stereocenters. The molecule has 4 aromatic heterocycles. The second kappa shape index (κ2) is 11.2. The van der Waals surface area contributed by atoms with Crippen LogP contribution in [0.5, 0.6) is 0 Å². The fraction of sp³-hybridized carbons (Fsp3) is 0. The van der Waals surface area contributed by atoms with Gasteiger partial charge in [-0.3, -0.25) is 0 Å². The number of rotatable bonds is 3. The standard InChI is InChI=1S/C50H26N4O2/c51-27-29-23-32(26-34(24-29)54-42-17-5-2-14-40(42)47-44(54)22-20-38-36-15-8-10-31(28-52)48(36)56-50(38)47)30-9-7-11-33(25-30)53-41-16-4-1-13-39(41)46-43(53)21-19-37-35-12-3-6-18-45(35)55-49(37)46/h1-26H. The molecule has 0 N–H and O–H groups in total. The van der Waals surface area contributed by atoms with Crippen LogP contribution in [-0.4, -0.2) is 9.13 Å². The quantitative estimate of drug-likeness (QED) is 0.182. The Morgan fingerprint density at radius 1 is 0.393 bits per heavy atom. The van der Waals surface area contributed by atoms with E-state index >= 15 is 0 Å². The minimum Gasteiger partial charge on any atom is -0.455 e. The molecule has 0 bridgehead atoms. The third-order valence-corrected chi connectivity index (χ3v) is 11.3. The molecule has 12 rings (SSSR count). The number of nitriles is 2. The monoisotopic (exact) mass is 714 g/mol. The molecule has 4 heterocycles. The van der Waals surface area contributed by atoms with Gasteiger partial charge in [-0.25, -0.2) is 0 Å². The lowest BCUT2D eigenvalue weighted by Crippen LogP contribution is -1.97. The van der Waals surface area contributed by atoms with Crippen molar-refractivity contribution in [2.45, 2.75) is 0 Å². The summed E-state index contributed by atoms with van der Waals surface area (Å²) >= 11 is 0. The number of benzene rings is 8. The topological polar surface area (TPSA) is 83.7 Å². The molecule has 12 aromatic rings. The normalized spacial score (nSPS) is 11.9. The zero-order chi connectivity index (χ0) is 37.1. The van der Waals surface area contributed by atoms with Crippen LogP contribution in [-0.2, 0) is 0 Å². The van der Waals surface area contributed by atoms with Crippen LogP contribution in [0.2, 0.25) is 0 Å². The van der Waals surface area contributed by atoms with E-state index < -0.39 is 0 Å². The SMILES string of the molecule is N#Cc1cc(-c2cccc(-n3c4ccccc4c4c5oc6ccccc6c5ccc43)c2)cc(-n2c3ccccc3c3c4oc5c(C#N)cccc5c4ccc32)c1. The Morgan fingerprint density at radius 2 is 0.982 bits per heavy atom. The summed E-state index contributed by atoms with van der Waals surface area (Å²) in [5.74, 6) is 0. The highest BCUT2D eigenvalue weighted by molar-refractivity contribution is 6.25. The van der Waals surface area contributed by atoms with E-state index in [0.717, 1.165) is 104 Å². The lowest BCUT2D eigenvalue weighted by atomic mass is 10.0. The van der Waals surface area contributed by atoms with Crippen LogP contribution in [0.3, 0.4) is 0 Å². The van der Waals surface area contributed by atoms with E-state index in [0.29, 0.717) is 16.7 Å². The van der Waals surface area contributed by atoms with E-state index in [2.05, 4.69) is 124 Å². The van der Waals surface area contributed by atoms with Crippen LogP contribution < -0.4 is 0 Å². The molecular formula is C50H26N4O2. The molecule has 0 saturated carbocycles. The highest BCUT2D eigenvalue weighted by atomic mass is 16.3. The van der Waals surface area contributed by atoms with Gasteiger partial charge in [-0.1, -0.05) is 78.9 Å². The number of fused-ring (bicyclic) bond motifs is 14. The van der Waals surface area contributed by atoms with Gasteiger partial charge in [0, 0.05) is 43.7 Å². The number of para-hydroxylation sites is 4. The number of hydrogen-bond donors (Lipinski definition) is 0. The van der Waals surface area contributed by atoms with Gasteiger partial charge in [0.15, 0.2) is 5.58 Å². The van der Waals surface area contributed by atoms with Crippen LogP contribution >= 0.6 is 0 Å². The summed E-state index contributed by atoms with van der Waals surface area (Å²) in [6.45, 7) is 0. The van der Waals surface area contributed by atoms with Crippen LogP contribution in [0.25, 0.3) is 110 Å². The number of hydrogen-bond acceptors (Lipinski definition) is 4. The van der Waals surface area contributed by atoms with Gasteiger partial charge < -0.3 is 18.0 Å². The predicted molar refractivity (Wildman–Crippen MR) is 225 cm³/mol. The maximum Gasteiger partial charge on any atom is 0.153 e. The Labute approximate surface area is 318 Å². The van der Waals surface area contributed by atoms with Crippen molar-refractivity contribution in [1.29, 1.82) is 10.5 Å². The molecule has 6 heteroatoms. The number of furan rings is 2. The van der Waals surface area contributed by atoms with E-state index in [-0.39, 0.29) is 0 Å². The average Bonchev–Trinajstić information content (AvgIpc) is 4.01. The van der Waals surface area contributed by atoms with Crippen molar-refractivity contribution >= 4 is 87.5 Å². The lowest BCUT2D eigenvalue weighted by molar-refractivity contribution is 0.671. The van der Waals surface area contributed by atoms with Gasteiger partial charge in [-0.15, -0.1) is 0 Å². The van der Waals surface area contributed by atoms with Crippen molar-refractivity contribution in [3.8, 4) is 34.6 Å². The van der Waals surface area contributed by atoms with E-state index in [1.807, 2.05) is 48.5 Å².